The van der Waals surface area contributed by atoms with E-state index in [1.165, 1.54) is 12.1 Å². The van der Waals surface area contributed by atoms with Gasteiger partial charge in [0.05, 0.1) is 0 Å². The predicted octanol–water partition coefficient (Wildman–Crippen LogP) is 2.41. The van der Waals surface area contributed by atoms with Crippen LogP contribution < -0.4 is 0 Å². The number of amides is 1. The Morgan fingerprint density at radius 1 is 1.32 bits per heavy atom. The van der Waals surface area contributed by atoms with Gasteiger partial charge in [-0.2, -0.15) is 0 Å². The summed E-state index contributed by atoms with van der Waals surface area (Å²) in [6, 6.07) is 4.01. The van der Waals surface area contributed by atoms with Crippen LogP contribution in [0.3, 0.4) is 0 Å². The average Bonchev–Trinajstić information content (AvgIpc) is 2.38. The number of hydrogen-bond acceptors (Lipinski definition) is 2. The van der Waals surface area contributed by atoms with E-state index in [-0.39, 0.29) is 17.0 Å². The molecule has 19 heavy (non-hydrogen) atoms. The van der Waals surface area contributed by atoms with Gasteiger partial charge in [-0.05, 0) is 32.1 Å². The second-order valence-corrected chi connectivity index (χ2v) is 3.89. The van der Waals surface area contributed by atoms with Crippen LogP contribution >= 0.6 is 0 Å². The Balaban J connectivity index is 2.99. The van der Waals surface area contributed by atoms with Crippen LogP contribution in [0.2, 0.25) is 0 Å². The second kappa shape index (κ2) is 6.68. The van der Waals surface area contributed by atoms with Crippen molar-refractivity contribution in [2.75, 3.05) is 13.1 Å². The fraction of sp³-hybridized carbons (Fsp3) is 0.286. The zero-order chi connectivity index (χ0) is 14.4. The lowest BCUT2D eigenvalue weighted by atomic mass is 10.1. The lowest BCUT2D eigenvalue weighted by Crippen LogP contribution is -2.30. The number of benzene rings is 1. The molecule has 1 amide bonds. The van der Waals surface area contributed by atoms with Crippen molar-refractivity contribution in [3.05, 3.63) is 41.2 Å². The number of carboxylic acid groups (broad SMARTS) is 1. The average molecular weight is 265 g/mol. The highest BCUT2D eigenvalue weighted by Crippen LogP contribution is 2.14. The largest absolute Gasteiger partial charge is 0.478 e. The van der Waals surface area contributed by atoms with Crippen molar-refractivity contribution in [2.45, 2.75) is 13.8 Å². The third-order valence-electron chi connectivity index (χ3n) is 2.70. The van der Waals surface area contributed by atoms with Gasteiger partial charge in [0.2, 0.25) is 0 Å². The highest BCUT2D eigenvalue weighted by molar-refractivity contribution is 5.94. The van der Waals surface area contributed by atoms with E-state index >= 15 is 0 Å². The van der Waals surface area contributed by atoms with Crippen molar-refractivity contribution in [3.8, 4) is 0 Å². The van der Waals surface area contributed by atoms with Crippen LogP contribution in [0, 0.1) is 5.82 Å². The SMILES string of the molecule is CCN(CC)C(=O)c1ccc(C=CC(=O)O)c(F)c1. The summed E-state index contributed by atoms with van der Waals surface area (Å²) in [5, 5.41) is 8.48. The molecule has 1 rings (SSSR count). The van der Waals surface area contributed by atoms with Crippen LogP contribution in [-0.4, -0.2) is 35.0 Å². The van der Waals surface area contributed by atoms with Crippen LogP contribution in [0.4, 0.5) is 4.39 Å². The summed E-state index contributed by atoms with van der Waals surface area (Å²) < 4.78 is 13.7. The predicted molar refractivity (Wildman–Crippen MR) is 70.3 cm³/mol. The molecule has 0 fully saturated rings. The summed E-state index contributed by atoms with van der Waals surface area (Å²) >= 11 is 0. The Morgan fingerprint density at radius 2 is 1.95 bits per heavy atom. The summed E-state index contributed by atoms with van der Waals surface area (Å²) in [7, 11) is 0. The Hall–Kier alpha value is -2.17. The van der Waals surface area contributed by atoms with Crippen molar-refractivity contribution < 1.29 is 19.1 Å². The van der Waals surface area contributed by atoms with Gasteiger partial charge in [0, 0.05) is 30.3 Å². The fourth-order valence-electron chi connectivity index (χ4n) is 1.65. The van der Waals surface area contributed by atoms with Gasteiger partial charge in [-0.15, -0.1) is 0 Å². The molecule has 0 saturated heterocycles. The number of carbonyl (C=O) groups is 2. The lowest BCUT2D eigenvalue weighted by molar-refractivity contribution is -0.131. The first-order chi connectivity index (χ1) is 8.99. The Morgan fingerprint density at radius 3 is 2.42 bits per heavy atom. The fourth-order valence-corrected chi connectivity index (χ4v) is 1.65. The number of nitrogens with zero attached hydrogens (tertiary/aromatic N) is 1. The van der Waals surface area contributed by atoms with E-state index in [2.05, 4.69) is 0 Å². The van der Waals surface area contributed by atoms with Crippen LogP contribution in [0.15, 0.2) is 24.3 Å². The maximum absolute atomic E-state index is 13.7. The molecule has 0 aliphatic carbocycles. The second-order valence-electron chi connectivity index (χ2n) is 3.89. The molecule has 0 bridgehead atoms. The van der Waals surface area contributed by atoms with E-state index < -0.39 is 11.8 Å². The van der Waals surface area contributed by atoms with Crippen LogP contribution in [0.25, 0.3) is 6.08 Å². The number of hydrogen-bond donors (Lipinski definition) is 1. The smallest absolute Gasteiger partial charge is 0.328 e. The Labute approximate surface area is 111 Å². The third-order valence-corrected chi connectivity index (χ3v) is 2.70. The molecule has 0 aromatic heterocycles. The minimum Gasteiger partial charge on any atom is -0.478 e. The Bertz CT molecular complexity index is 507. The maximum Gasteiger partial charge on any atom is 0.328 e. The van der Waals surface area contributed by atoms with Gasteiger partial charge in [-0.1, -0.05) is 6.07 Å². The molecule has 0 atom stereocenters. The van der Waals surface area contributed by atoms with Gasteiger partial charge in [0.1, 0.15) is 5.82 Å². The van der Waals surface area contributed by atoms with Crippen LogP contribution in [0.1, 0.15) is 29.8 Å². The molecule has 102 valence electrons. The molecule has 1 aromatic rings. The van der Waals surface area contributed by atoms with E-state index in [0.29, 0.717) is 13.1 Å². The number of carbonyl (C=O) groups excluding carboxylic acids is 1. The first-order valence-electron chi connectivity index (χ1n) is 5.99. The van der Waals surface area contributed by atoms with Gasteiger partial charge < -0.3 is 10.0 Å². The molecule has 0 spiro atoms. The van der Waals surface area contributed by atoms with E-state index in [0.717, 1.165) is 18.2 Å². The molecule has 0 aliphatic rings. The van der Waals surface area contributed by atoms with E-state index in [4.69, 9.17) is 5.11 Å². The topological polar surface area (TPSA) is 57.6 Å². The van der Waals surface area contributed by atoms with Gasteiger partial charge >= 0.3 is 5.97 Å². The number of rotatable bonds is 5. The monoisotopic (exact) mass is 265 g/mol. The zero-order valence-corrected chi connectivity index (χ0v) is 10.9. The quantitative estimate of drug-likeness (QED) is 0.832. The summed E-state index contributed by atoms with van der Waals surface area (Å²) in [5.41, 5.74) is 0.396. The van der Waals surface area contributed by atoms with Gasteiger partial charge in [-0.3, -0.25) is 4.79 Å². The minimum atomic E-state index is -1.15. The van der Waals surface area contributed by atoms with Crippen molar-refractivity contribution >= 4 is 18.0 Å². The van der Waals surface area contributed by atoms with Crippen molar-refractivity contribution in [3.63, 3.8) is 0 Å². The van der Waals surface area contributed by atoms with Crippen molar-refractivity contribution in [1.29, 1.82) is 0 Å². The molecule has 0 heterocycles. The summed E-state index contributed by atoms with van der Waals surface area (Å²) in [6.45, 7) is 4.80. The standard InChI is InChI=1S/C14H16FNO3/c1-3-16(4-2)14(19)11-6-5-10(12(15)9-11)7-8-13(17)18/h5-9H,3-4H2,1-2H3,(H,17,18). The number of aliphatic carboxylic acids is 1. The van der Waals surface area contributed by atoms with Crippen molar-refractivity contribution in [2.24, 2.45) is 0 Å². The zero-order valence-electron chi connectivity index (χ0n) is 10.9. The molecule has 1 aromatic carbocycles. The molecule has 0 unspecified atom stereocenters. The van der Waals surface area contributed by atoms with Crippen LogP contribution in [0.5, 0.6) is 0 Å². The molecule has 0 aliphatic heterocycles. The first-order valence-corrected chi connectivity index (χ1v) is 5.99. The highest BCUT2D eigenvalue weighted by atomic mass is 19.1. The summed E-state index contributed by atoms with van der Waals surface area (Å²) in [5.74, 6) is -2.00. The van der Waals surface area contributed by atoms with Gasteiger partial charge in [0.15, 0.2) is 0 Å². The molecule has 5 heteroatoms. The van der Waals surface area contributed by atoms with E-state index in [1.807, 2.05) is 13.8 Å². The summed E-state index contributed by atoms with van der Waals surface area (Å²) in [4.78, 5) is 23.9. The Kier molecular flexibility index (Phi) is 5.23. The summed E-state index contributed by atoms with van der Waals surface area (Å²) in [6.07, 6.45) is 2.01. The highest BCUT2D eigenvalue weighted by Gasteiger charge is 2.13. The van der Waals surface area contributed by atoms with Crippen molar-refractivity contribution in [1.82, 2.24) is 4.90 Å². The minimum absolute atomic E-state index is 0.137. The number of halogens is 1. The molecule has 0 saturated carbocycles. The third kappa shape index (κ3) is 3.91. The molecular weight excluding hydrogens is 249 g/mol. The number of carboxylic acids is 1. The lowest BCUT2D eigenvalue weighted by Gasteiger charge is -2.18. The van der Waals surface area contributed by atoms with Gasteiger partial charge in [-0.25, -0.2) is 9.18 Å². The molecule has 4 nitrogen and oxygen atoms in total. The molecular formula is C14H16FNO3. The first kappa shape index (κ1) is 14.9. The molecule has 1 N–H and O–H groups in total. The van der Waals surface area contributed by atoms with E-state index in [9.17, 15) is 14.0 Å². The van der Waals surface area contributed by atoms with Crippen LogP contribution in [-0.2, 0) is 4.79 Å². The molecule has 0 radical (unpaired) electrons. The van der Waals surface area contributed by atoms with E-state index in [1.54, 1.807) is 4.90 Å². The van der Waals surface area contributed by atoms with Gasteiger partial charge in [0.25, 0.3) is 5.91 Å². The normalized spacial score (nSPS) is 10.7. The maximum atomic E-state index is 13.7.